The minimum Gasteiger partial charge on any atom is -0.496 e. The van der Waals surface area contributed by atoms with E-state index in [1.807, 2.05) is 36.4 Å². The number of hydrogen-bond donors (Lipinski definition) is 0. The summed E-state index contributed by atoms with van der Waals surface area (Å²) in [6.45, 7) is 0. The number of nitrogens with zero attached hydrogens (tertiary/aromatic N) is 1. The van der Waals surface area contributed by atoms with E-state index in [1.54, 1.807) is 19.3 Å². The number of rotatable bonds is 3. The Hall–Kier alpha value is -1.90. The average molecular weight is 304 g/mol. The van der Waals surface area contributed by atoms with Crippen LogP contribution in [0.3, 0.4) is 0 Å². The molecule has 0 atom stereocenters. The van der Waals surface area contributed by atoms with Crippen LogP contribution in [0.5, 0.6) is 5.75 Å². The molecule has 2 aromatic rings. The number of benzene rings is 2. The molecule has 0 aromatic heterocycles. The van der Waals surface area contributed by atoms with Gasteiger partial charge >= 0.3 is 0 Å². The van der Waals surface area contributed by atoms with E-state index in [-0.39, 0.29) is 0 Å². The Bertz CT molecular complexity index is 619. The van der Waals surface area contributed by atoms with Crippen molar-refractivity contribution in [3.05, 3.63) is 46.9 Å². The van der Waals surface area contributed by atoms with Gasteiger partial charge < -0.3 is 4.74 Å². The Morgan fingerprint density at radius 3 is 2.72 bits per heavy atom. The van der Waals surface area contributed by atoms with Crippen molar-refractivity contribution >= 4 is 27.7 Å². The SMILES string of the molecule is COc1cc(-c2ccccc2N=C=O)ccc1Br. The zero-order chi connectivity index (χ0) is 13.0. The number of ether oxygens (including phenoxy) is 1. The van der Waals surface area contributed by atoms with E-state index in [0.29, 0.717) is 5.69 Å². The van der Waals surface area contributed by atoms with Crippen LogP contribution in [0.2, 0.25) is 0 Å². The minimum atomic E-state index is 0.594. The van der Waals surface area contributed by atoms with Crippen LogP contribution in [0, 0.1) is 0 Å². The topological polar surface area (TPSA) is 38.7 Å². The van der Waals surface area contributed by atoms with E-state index in [4.69, 9.17) is 4.74 Å². The number of carbonyl (C=O) groups excluding carboxylic acids is 1. The standard InChI is InChI=1S/C14H10BrNO2/c1-18-14-8-10(6-7-12(14)15)11-4-2-3-5-13(11)16-9-17/h2-8H,1H3. The third kappa shape index (κ3) is 2.50. The third-order valence-electron chi connectivity index (χ3n) is 2.53. The van der Waals surface area contributed by atoms with Gasteiger partial charge in [0, 0.05) is 5.56 Å². The van der Waals surface area contributed by atoms with Gasteiger partial charge in [-0.1, -0.05) is 24.3 Å². The fourth-order valence-corrected chi connectivity index (χ4v) is 2.10. The van der Waals surface area contributed by atoms with Gasteiger partial charge in [0.15, 0.2) is 0 Å². The second kappa shape index (κ2) is 5.63. The molecule has 0 spiro atoms. The maximum Gasteiger partial charge on any atom is 0.240 e. The monoisotopic (exact) mass is 303 g/mol. The summed E-state index contributed by atoms with van der Waals surface area (Å²) < 4.78 is 6.13. The van der Waals surface area contributed by atoms with Crippen molar-refractivity contribution in [1.82, 2.24) is 0 Å². The highest BCUT2D eigenvalue weighted by Crippen LogP contribution is 2.34. The third-order valence-corrected chi connectivity index (χ3v) is 3.19. The molecular weight excluding hydrogens is 294 g/mol. The van der Waals surface area contributed by atoms with E-state index < -0.39 is 0 Å². The lowest BCUT2D eigenvalue weighted by Crippen LogP contribution is -1.86. The second-order valence-electron chi connectivity index (χ2n) is 3.57. The summed E-state index contributed by atoms with van der Waals surface area (Å²) >= 11 is 3.40. The van der Waals surface area contributed by atoms with E-state index in [0.717, 1.165) is 21.3 Å². The van der Waals surface area contributed by atoms with Crippen molar-refractivity contribution in [3.63, 3.8) is 0 Å². The predicted octanol–water partition coefficient (Wildman–Crippen LogP) is 4.09. The molecule has 0 N–H and O–H groups in total. The number of methoxy groups -OCH3 is 1. The van der Waals surface area contributed by atoms with Crippen LogP contribution in [-0.2, 0) is 4.79 Å². The van der Waals surface area contributed by atoms with Crippen molar-refractivity contribution in [2.75, 3.05) is 7.11 Å². The van der Waals surface area contributed by atoms with Crippen LogP contribution < -0.4 is 4.74 Å². The molecule has 2 aromatic carbocycles. The summed E-state index contributed by atoms with van der Waals surface area (Å²) in [6.07, 6.45) is 1.57. The molecule has 0 saturated heterocycles. The Morgan fingerprint density at radius 1 is 1.22 bits per heavy atom. The lowest BCUT2D eigenvalue weighted by atomic mass is 10.0. The van der Waals surface area contributed by atoms with Gasteiger partial charge in [0.1, 0.15) is 5.75 Å². The largest absolute Gasteiger partial charge is 0.496 e. The van der Waals surface area contributed by atoms with Gasteiger partial charge in [-0.15, -0.1) is 0 Å². The molecule has 0 unspecified atom stereocenters. The zero-order valence-electron chi connectivity index (χ0n) is 9.68. The quantitative estimate of drug-likeness (QED) is 0.633. The van der Waals surface area contributed by atoms with Gasteiger partial charge in [0.05, 0.1) is 17.3 Å². The van der Waals surface area contributed by atoms with E-state index in [1.165, 1.54) is 0 Å². The van der Waals surface area contributed by atoms with Crippen LogP contribution in [-0.4, -0.2) is 13.2 Å². The van der Waals surface area contributed by atoms with Gasteiger partial charge in [0.2, 0.25) is 6.08 Å². The van der Waals surface area contributed by atoms with Gasteiger partial charge in [-0.05, 0) is 39.7 Å². The maximum atomic E-state index is 10.4. The second-order valence-corrected chi connectivity index (χ2v) is 4.42. The van der Waals surface area contributed by atoms with Crippen LogP contribution in [0.1, 0.15) is 0 Å². The molecule has 3 nitrogen and oxygen atoms in total. The zero-order valence-corrected chi connectivity index (χ0v) is 11.3. The molecule has 18 heavy (non-hydrogen) atoms. The first-order valence-corrected chi connectivity index (χ1v) is 6.06. The molecule has 2 rings (SSSR count). The van der Waals surface area contributed by atoms with Crippen molar-refractivity contribution < 1.29 is 9.53 Å². The molecule has 0 aliphatic rings. The van der Waals surface area contributed by atoms with Gasteiger partial charge in [-0.2, -0.15) is 4.99 Å². The number of aliphatic imine (C=N–C) groups is 1. The highest BCUT2D eigenvalue weighted by Gasteiger charge is 2.07. The van der Waals surface area contributed by atoms with Crippen LogP contribution in [0.15, 0.2) is 51.9 Å². The van der Waals surface area contributed by atoms with Gasteiger partial charge in [0.25, 0.3) is 0 Å². The number of halogens is 1. The van der Waals surface area contributed by atoms with Gasteiger partial charge in [-0.25, -0.2) is 4.79 Å². The first kappa shape index (κ1) is 12.6. The Morgan fingerprint density at radius 2 is 2.00 bits per heavy atom. The number of hydrogen-bond acceptors (Lipinski definition) is 3. The smallest absolute Gasteiger partial charge is 0.240 e. The van der Waals surface area contributed by atoms with E-state index in [9.17, 15) is 4.79 Å². The Balaban J connectivity index is 2.58. The van der Waals surface area contributed by atoms with Crippen molar-refractivity contribution in [2.24, 2.45) is 4.99 Å². The highest BCUT2D eigenvalue weighted by molar-refractivity contribution is 9.10. The lowest BCUT2D eigenvalue weighted by Gasteiger charge is -2.08. The molecule has 0 heterocycles. The summed E-state index contributed by atoms with van der Waals surface area (Å²) in [5.41, 5.74) is 2.40. The fraction of sp³-hybridized carbons (Fsp3) is 0.0714. The Labute approximate surface area is 113 Å². The molecule has 90 valence electrons. The Kier molecular flexibility index (Phi) is 3.92. The first-order valence-electron chi connectivity index (χ1n) is 5.27. The molecule has 0 radical (unpaired) electrons. The van der Waals surface area contributed by atoms with Crippen molar-refractivity contribution in [2.45, 2.75) is 0 Å². The number of para-hydroxylation sites is 1. The highest BCUT2D eigenvalue weighted by atomic mass is 79.9. The maximum absolute atomic E-state index is 10.4. The summed E-state index contributed by atoms with van der Waals surface area (Å²) in [5, 5.41) is 0. The van der Waals surface area contributed by atoms with Crippen LogP contribution in [0.4, 0.5) is 5.69 Å². The van der Waals surface area contributed by atoms with Crippen molar-refractivity contribution in [3.8, 4) is 16.9 Å². The fourth-order valence-electron chi connectivity index (χ4n) is 1.69. The average Bonchev–Trinajstić information content (AvgIpc) is 2.40. The summed E-state index contributed by atoms with van der Waals surface area (Å²) in [6, 6.07) is 13.1. The molecule has 0 aliphatic carbocycles. The van der Waals surface area contributed by atoms with Gasteiger partial charge in [-0.3, -0.25) is 0 Å². The van der Waals surface area contributed by atoms with Crippen LogP contribution >= 0.6 is 15.9 Å². The summed E-state index contributed by atoms with van der Waals surface area (Å²) in [5.74, 6) is 0.734. The minimum absolute atomic E-state index is 0.594. The van der Waals surface area contributed by atoms with Crippen LogP contribution in [0.25, 0.3) is 11.1 Å². The lowest BCUT2D eigenvalue weighted by molar-refractivity contribution is 0.412. The van der Waals surface area contributed by atoms with Crippen molar-refractivity contribution in [1.29, 1.82) is 0 Å². The first-order chi connectivity index (χ1) is 8.76. The summed E-state index contributed by atoms with van der Waals surface area (Å²) in [7, 11) is 1.61. The molecule has 0 bridgehead atoms. The summed E-state index contributed by atoms with van der Waals surface area (Å²) in [4.78, 5) is 14.1. The van der Waals surface area contributed by atoms with E-state index >= 15 is 0 Å². The van der Waals surface area contributed by atoms with E-state index in [2.05, 4.69) is 20.9 Å². The normalized spacial score (nSPS) is 9.67. The molecular formula is C14H10BrNO2. The molecule has 0 aliphatic heterocycles. The molecule has 0 saturated carbocycles. The molecule has 0 fully saturated rings. The molecule has 4 heteroatoms. The molecule has 0 amide bonds. The number of isocyanates is 1. The predicted molar refractivity (Wildman–Crippen MR) is 73.9 cm³/mol.